The zero-order chi connectivity index (χ0) is 16.2. The largest absolute Gasteiger partial charge is 0.466 e. The lowest BCUT2D eigenvalue weighted by atomic mass is 10.1. The lowest BCUT2D eigenvalue weighted by molar-refractivity contribution is -0.144. The highest BCUT2D eigenvalue weighted by molar-refractivity contribution is 7.79. The zero-order valence-corrected chi connectivity index (χ0v) is 14.1. The molecule has 0 radical (unpaired) electrons. The smallest absolute Gasteiger partial charge is 0.357 e. The summed E-state index contributed by atoms with van der Waals surface area (Å²) in [5.74, 6) is 0.692. The normalized spacial score (nSPS) is 11.5. The minimum Gasteiger partial charge on any atom is -0.466 e. The van der Waals surface area contributed by atoms with E-state index < -0.39 is 0 Å². The van der Waals surface area contributed by atoms with Crippen molar-refractivity contribution in [1.29, 1.82) is 0 Å². The molecule has 22 heavy (non-hydrogen) atoms. The van der Waals surface area contributed by atoms with Crippen molar-refractivity contribution >= 4 is 23.4 Å². The van der Waals surface area contributed by atoms with Crippen LogP contribution in [0.3, 0.4) is 0 Å². The fourth-order valence-corrected chi connectivity index (χ4v) is 1.91. The summed E-state index contributed by atoms with van der Waals surface area (Å²) in [6.45, 7) is 4.99. The first-order chi connectivity index (χ1) is 10.6. The van der Waals surface area contributed by atoms with E-state index in [9.17, 15) is 4.79 Å². The molecule has 1 rings (SSSR count). The number of benzene rings is 1. The maximum atomic E-state index is 11.6. The van der Waals surface area contributed by atoms with Crippen LogP contribution in [0.25, 0.3) is 0 Å². The molecule has 0 aliphatic carbocycles. The molecule has 0 aliphatic heterocycles. The predicted molar refractivity (Wildman–Crippen MR) is 89.9 cm³/mol. The molecule has 1 aromatic rings. The second kappa shape index (κ2) is 11.0. The Morgan fingerprint density at radius 1 is 1.18 bits per heavy atom. The average molecular weight is 324 g/mol. The third-order valence-electron chi connectivity index (χ3n) is 3.05. The second-order valence-corrected chi connectivity index (χ2v) is 5.52. The van der Waals surface area contributed by atoms with Gasteiger partial charge < -0.3 is 14.2 Å². The SMILES string of the molecule is CCCCOC(=O)C[C@H](C)CCOC(=S)Oc1ccccc1. The standard InChI is InChI=1S/C17H24O4S/c1-3-4-11-19-16(18)13-14(2)10-12-20-17(22)21-15-8-6-5-7-9-15/h5-9,14H,3-4,10-13H2,1-2H3/t14-/m1/s1. The van der Waals surface area contributed by atoms with Crippen LogP contribution in [0.4, 0.5) is 0 Å². The minimum atomic E-state index is -0.149. The number of hydrogen-bond acceptors (Lipinski definition) is 5. The van der Waals surface area contributed by atoms with Crippen molar-refractivity contribution in [3.05, 3.63) is 30.3 Å². The van der Waals surface area contributed by atoms with Crippen LogP contribution in [-0.4, -0.2) is 24.4 Å². The van der Waals surface area contributed by atoms with Gasteiger partial charge in [-0.2, -0.15) is 0 Å². The molecule has 122 valence electrons. The fraction of sp³-hybridized carbons (Fsp3) is 0.529. The summed E-state index contributed by atoms with van der Waals surface area (Å²) < 4.78 is 15.8. The second-order valence-electron chi connectivity index (χ2n) is 5.19. The molecule has 0 saturated heterocycles. The molecular formula is C17H24O4S. The third-order valence-corrected chi connectivity index (χ3v) is 3.25. The lowest BCUT2D eigenvalue weighted by Crippen LogP contribution is -2.15. The van der Waals surface area contributed by atoms with Crippen molar-refractivity contribution in [2.24, 2.45) is 5.92 Å². The summed E-state index contributed by atoms with van der Waals surface area (Å²) in [4.78, 5) is 11.6. The molecule has 1 atom stereocenters. The highest BCUT2D eigenvalue weighted by Gasteiger charge is 2.11. The number of esters is 1. The maximum Gasteiger partial charge on any atom is 0.357 e. The monoisotopic (exact) mass is 324 g/mol. The number of rotatable bonds is 9. The molecule has 4 nitrogen and oxygen atoms in total. The number of ether oxygens (including phenoxy) is 3. The first kappa shape index (κ1) is 18.4. The number of para-hydroxylation sites is 1. The van der Waals surface area contributed by atoms with Gasteiger partial charge in [-0.1, -0.05) is 38.5 Å². The summed E-state index contributed by atoms with van der Waals surface area (Å²) >= 11 is 5.01. The zero-order valence-electron chi connectivity index (χ0n) is 13.2. The highest BCUT2D eigenvalue weighted by atomic mass is 32.1. The van der Waals surface area contributed by atoms with Gasteiger partial charge in [0, 0.05) is 18.6 Å². The Morgan fingerprint density at radius 3 is 2.59 bits per heavy atom. The molecule has 5 heteroatoms. The summed E-state index contributed by atoms with van der Waals surface area (Å²) in [7, 11) is 0. The van der Waals surface area contributed by atoms with E-state index in [1.165, 1.54) is 0 Å². The van der Waals surface area contributed by atoms with Crippen molar-refractivity contribution in [2.75, 3.05) is 13.2 Å². The van der Waals surface area contributed by atoms with Crippen LogP contribution < -0.4 is 4.74 Å². The molecule has 0 amide bonds. The van der Waals surface area contributed by atoms with E-state index >= 15 is 0 Å². The average Bonchev–Trinajstić information content (AvgIpc) is 2.48. The van der Waals surface area contributed by atoms with Gasteiger partial charge in [-0.25, -0.2) is 0 Å². The Bertz CT molecular complexity index is 447. The molecule has 0 unspecified atom stereocenters. The summed E-state index contributed by atoms with van der Waals surface area (Å²) in [6.07, 6.45) is 3.06. The van der Waals surface area contributed by atoms with E-state index in [1.807, 2.05) is 37.3 Å². The van der Waals surface area contributed by atoms with Crippen molar-refractivity contribution in [3.63, 3.8) is 0 Å². The van der Waals surface area contributed by atoms with Gasteiger partial charge in [0.05, 0.1) is 13.2 Å². The summed E-state index contributed by atoms with van der Waals surface area (Å²) in [5.41, 5.74) is 0. The van der Waals surface area contributed by atoms with Gasteiger partial charge in [0.1, 0.15) is 5.75 Å². The van der Waals surface area contributed by atoms with E-state index in [2.05, 4.69) is 6.92 Å². The van der Waals surface area contributed by atoms with E-state index in [1.54, 1.807) is 0 Å². The first-order valence-corrected chi connectivity index (χ1v) is 8.08. The molecule has 0 fully saturated rings. The number of unbranched alkanes of at least 4 members (excludes halogenated alkanes) is 1. The van der Waals surface area contributed by atoms with E-state index in [4.69, 9.17) is 26.4 Å². The van der Waals surface area contributed by atoms with Crippen LogP contribution >= 0.6 is 12.2 Å². The predicted octanol–water partition coefficient (Wildman–Crippen LogP) is 4.13. The number of thiocarbonyl (C=S) groups is 1. The molecule has 1 aromatic carbocycles. The molecule has 0 aromatic heterocycles. The van der Waals surface area contributed by atoms with Crippen LogP contribution in [0, 0.1) is 5.92 Å². The first-order valence-electron chi connectivity index (χ1n) is 7.67. The summed E-state index contributed by atoms with van der Waals surface area (Å²) in [6, 6.07) is 9.25. The number of carbonyl (C=O) groups is 1. The van der Waals surface area contributed by atoms with Crippen LogP contribution in [-0.2, 0) is 14.3 Å². The topological polar surface area (TPSA) is 44.8 Å². The molecule has 0 bridgehead atoms. The van der Waals surface area contributed by atoms with Crippen molar-refractivity contribution in [1.82, 2.24) is 0 Å². The molecular weight excluding hydrogens is 300 g/mol. The third kappa shape index (κ3) is 8.62. The Hall–Kier alpha value is -1.62. The Kier molecular flexibility index (Phi) is 9.23. The lowest BCUT2D eigenvalue weighted by Gasteiger charge is -2.12. The van der Waals surface area contributed by atoms with Crippen molar-refractivity contribution < 1.29 is 19.0 Å². The van der Waals surface area contributed by atoms with Gasteiger partial charge in [0.2, 0.25) is 0 Å². The Morgan fingerprint density at radius 2 is 1.91 bits per heavy atom. The molecule has 0 heterocycles. The van der Waals surface area contributed by atoms with Crippen molar-refractivity contribution in [2.45, 2.75) is 39.5 Å². The minimum absolute atomic E-state index is 0.101. The van der Waals surface area contributed by atoms with Crippen LogP contribution in [0.2, 0.25) is 0 Å². The van der Waals surface area contributed by atoms with Gasteiger partial charge in [-0.3, -0.25) is 4.79 Å². The molecule has 0 aliphatic rings. The highest BCUT2D eigenvalue weighted by Crippen LogP contribution is 2.12. The fourth-order valence-electron chi connectivity index (χ4n) is 1.73. The van der Waals surface area contributed by atoms with Gasteiger partial charge in [0.15, 0.2) is 0 Å². The van der Waals surface area contributed by atoms with Gasteiger partial charge in [-0.05, 0) is 30.9 Å². The molecule has 0 saturated carbocycles. The van der Waals surface area contributed by atoms with E-state index in [0.29, 0.717) is 25.4 Å². The Labute approximate surface area is 137 Å². The summed E-state index contributed by atoms with van der Waals surface area (Å²) in [5, 5.41) is 0.101. The van der Waals surface area contributed by atoms with E-state index in [-0.39, 0.29) is 17.1 Å². The number of carbonyl (C=O) groups excluding carboxylic acids is 1. The van der Waals surface area contributed by atoms with Gasteiger partial charge in [0.25, 0.3) is 0 Å². The van der Waals surface area contributed by atoms with Crippen LogP contribution in [0.1, 0.15) is 39.5 Å². The van der Waals surface area contributed by atoms with Crippen molar-refractivity contribution in [3.8, 4) is 5.75 Å². The van der Waals surface area contributed by atoms with Crippen LogP contribution in [0.5, 0.6) is 5.75 Å². The number of hydrogen-bond donors (Lipinski definition) is 0. The van der Waals surface area contributed by atoms with Gasteiger partial charge in [-0.15, -0.1) is 0 Å². The Balaban J connectivity index is 2.12. The molecule has 0 spiro atoms. The molecule has 0 N–H and O–H groups in total. The van der Waals surface area contributed by atoms with Gasteiger partial charge >= 0.3 is 11.2 Å². The maximum absolute atomic E-state index is 11.6. The van der Waals surface area contributed by atoms with Crippen LogP contribution in [0.15, 0.2) is 30.3 Å². The van der Waals surface area contributed by atoms with E-state index in [0.717, 1.165) is 19.3 Å². The quantitative estimate of drug-likeness (QED) is 0.388.